The molecule has 218 valence electrons. The smallest absolute Gasteiger partial charge is 0.232 e. The van der Waals surface area contributed by atoms with Crippen molar-refractivity contribution >= 4 is 33.1 Å². The number of amides is 1. The van der Waals surface area contributed by atoms with Crippen molar-refractivity contribution in [3.8, 4) is 11.1 Å². The van der Waals surface area contributed by atoms with Crippen LogP contribution in [-0.2, 0) is 10.2 Å². The molecule has 0 radical (unpaired) electrons. The molecule has 4 aromatic rings. The summed E-state index contributed by atoms with van der Waals surface area (Å²) in [5, 5.41) is 5.44. The molecule has 2 aromatic carbocycles. The van der Waals surface area contributed by atoms with Crippen LogP contribution in [-0.4, -0.2) is 27.6 Å². The monoisotopic (exact) mass is 580 g/mol. The molecule has 0 saturated heterocycles. The van der Waals surface area contributed by atoms with Gasteiger partial charge in [0.2, 0.25) is 11.8 Å². The second kappa shape index (κ2) is 10.3. The van der Waals surface area contributed by atoms with E-state index in [1.54, 1.807) is 11.3 Å². The van der Waals surface area contributed by atoms with Crippen molar-refractivity contribution in [2.45, 2.75) is 102 Å². The average Bonchev–Trinajstić information content (AvgIpc) is 3.63. The predicted octanol–water partition coefficient (Wildman–Crippen LogP) is 8.74. The zero-order valence-electron chi connectivity index (χ0n) is 24.6. The molecule has 2 bridgehead atoms. The normalized spacial score (nSPS) is 26.1. The van der Waals surface area contributed by atoms with Gasteiger partial charge in [0.15, 0.2) is 5.82 Å². The quantitative estimate of drug-likeness (QED) is 0.219. The fourth-order valence-electron chi connectivity index (χ4n) is 8.05. The lowest BCUT2D eigenvalue weighted by atomic mass is 9.53. The van der Waals surface area contributed by atoms with Crippen LogP contribution in [0.1, 0.15) is 106 Å². The Bertz CT molecular complexity index is 1600. The van der Waals surface area contributed by atoms with Crippen molar-refractivity contribution in [3.63, 3.8) is 0 Å². The highest BCUT2D eigenvalue weighted by Crippen LogP contribution is 2.58. The van der Waals surface area contributed by atoms with Crippen LogP contribution in [0.15, 0.2) is 47.0 Å². The first-order valence-corrected chi connectivity index (χ1v) is 16.9. The van der Waals surface area contributed by atoms with Gasteiger partial charge in [-0.15, -0.1) is 11.3 Å². The minimum atomic E-state index is 0.0354. The molecular weight excluding hydrogens is 540 g/mol. The van der Waals surface area contributed by atoms with Gasteiger partial charge in [-0.2, -0.15) is 4.98 Å². The van der Waals surface area contributed by atoms with Gasteiger partial charge in [0.05, 0.1) is 15.2 Å². The summed E-state index contributed by atoms with van der Waals surface area (Å²) in [6.07, 6.45) is 14.6. The highest BCUT2D eigenvalue weighted by molar-refractivity contribution is 7.18. The number of hydrogen-bond donors (Lipinski definition) is 0. The summed E-state index contributed by atoms with van der Waals surface area (Å²) in [5.41, 5.74) is 4.63. The summed E-state index contributed by atoms with van der Waals surface area (Å²) >= 11 is 1.74. The summed E-state index contributed by atoms with van der Waals surface area (Å²) < 4.78 is 7.09. The summed E-state index contributed by atoms with van der Waals surface area (Å²) in [6.45, 7) is 2.87. The third kappa shape index (κ3) is 4.78. The van der Waals surface area contributed by atoms with Crippen LogP contribution in [0.25, 0.3) is 21.3 Å². The van der Waals surface area contributed by atoms with E-state index in [0.29, 0.717) is 11.8 Å². The number of rotatable bonds is 7. The molecule has 0 aliphatic heterocycles. The number of aryl methyl sites for hydroxylation is 1. The van der Waals surface area contributed by atoms with E-state index in [1.807, 2.05) is 0 Å². The summed E-state index contributed by atoms with van der Waals surface area (Å²) in [5.74, 6) is 2.81. The predicted molar refractivity (Wildman–Crippen MR) is 167 cm³/mol. The largest absolute Gasteiger partial charge is 0.339 e. The van der Waals surface area contributed by atoms with Gasteiger partial charge in [0.25, 0.3) is 0 Å². The van der Waals surface area contributed by atoms with Gasteiger partial charge in [0.1, 0.15) is 0 Å². The maximum atomic E-state index is 14.3. The molecule has 0 N–H and O–H groups in total. The highest BCUT2D eigenvalue weighted by Gasteiger charge is 2.53. The second-order valence-corrected chi connectivity index (χ2v) is 15.0. The Morgan fingerprint density at radius 2 is 1.69 bits per heavy atom. The lowest BCUT2D eigenvalue weighted by molar-refractivity contribution is -0.124. The molecule has 5 fully saturated rings. The number of carbonyl (C=O) groups excluding carboxylic acids is 1. The maximum absolute atomic E-state index is 14.3. The van der Waals surface area contributed by atoms with Gasteiger partial charge >= 0.3 is 0 Å². The first-order valence-electron chi connectivity index (χ1n) is 16.1. The molecular formula is C35H40N4O2S. The zero-order valence-corrected chi connectivity index (χ0v) is 25.4. The van der Waals surface area contributed by atoms with Crippen LogP contribution in [0.2, 0.25) is 0 Å². The number of aromatic nitrogens is 3. The molecule has 2 heterocycles. The van der Waals surface area contributed by atoms with E-state index in [0.717, 1.165) is 91.4 Å². The van der Waals surface area contributed by atoms with E-state index in [4.69, 9.17) is 9.51 Å². The van der Waals surface area contributed by atoms with Crippen molar-refractivity contribution in [2.75, 3.05) is 11.4 Å². The van der Waals surface area contributed by atoms with Gasteiger partial charge in [-0.1, -0.05) is 42.6 Å². The molecule has 42 heavy (non-hydrogen) atoms. The first-order chi connectivity index (χ1) is 20.5. The van der Waals surface area contributed by atoms with Crippen molar-refractivity contribution in [1.29, 1.82) is 0 Å². The van der Waals surface area contributed by atoms with Crippen LogP contribution in [0, 0.1) is 18.3 Å². The van der Waals surface area contributed by atoms with Gasteiger partial charge in [-0.05, 0) is 112 Å². The topological polar surface area (TPSA) is 72.1 Å². The van der Waals surface area contributed by atoms with E-state index >= 15 is 0 Å². The number of benzene rings is 2. The van der Waals surface area contributed by atoms with Crippen LogP contribution in [0.4, 0.5) is 5.69 Å². The van der Waals surface area contributed by atoms with E-state index in [9.17, 15) is 4.79 Å². The molecule has 7 heteroatoms. The minimum Gasteiger partial charge on any atom is -0.339 e. The summed E-state index contributed by atoms with van der Waals surface area (Å²) in [7, 11) is 0. The van der Waals surface area contributed by atoms with Crippen molar-refractivity contribution in [3.05, 3.63) is 59.2 Å². The highest BCUT2D eigenvalue weighted by atomic mass is 32.1. The fraction of sp³-hybridized carbons (Fsp3) is 0.543. The molecule has 6 nitrogen and oxygen atoms in total. The van der Waals surface area contributed by atoms with Gasteiger partial charge in [-0.25, -0.2) is 4.98 Å². The van der Waals surface area contributed by atoms with Crippen molar-refractivity contribution in [2.24, 2.45) is 11.3 Å². The number of fused-ring (bicyclic) bond motifs is 4. The lowest BCUT2D eigenvalue weighted by Gasteiger charge is -2.53. The number of anilines is 1. The molecule has 2 aromatic heterocycles. The first kappa shape index (κ1) is 26.6. The Morgan fingerprint density at radius 3 is 2.45 bits per heavy atom. The van der Waals surface area contributed by atoms with Crippen LogP contribution in [0.3, 0.4) is 0 Å². The number of carbonyl (C=O) groups is 1. The van der Waals surface area contributed by atoms with Gasteiger partial charge in [-0.3, -0.25) is 4.79 Å². The average molecular weight is 581 g/mol. The van der Waals surface area contributed by atoms with Gasteiger partial charge in [0, 0.05) is 29.5 Å². The van der Waals surface area contributed by atoms with Crippen LogP contribution >= 0.6 is 11.3 Å². The Hall–Kier alpha value is -3.06. The molecule has 9 rings (SSSR count). The molecule has 5 aliphatic rings. The van der Waals surface area contributed by atoms with Crippen LogP contribution in [0.5, 0.6) is 0 Å². The Labute approximate surface area is 251 Å². The van der Waals surface area contributed by atoms with E-state index in [1.165, 1.54) is 42.4 Å². The van der Waals surface area contributed by atoms with Gasteiger partial charge < -0.3 is 9.42 Å². The van der Waals surface area contributed by atoms with E-state index < -0.39 is 0 Å². The Balaban J connectivity index is 1.08. The zero-order chi connectivity index (χ0) is 28.3. The van der Waals surface area contributed by atoms with Crippen LogP contribution < -0.4 is 4.90 Å². The number of hydrogen-bond acceptors (Lipinski definition) is 6. The minimum absolute atomic E-state index is 0.0354. The van der Waals surface area contributed by atoms with Crippen molar-refractivity contribution in [1.82, 2.24) is 15.1 Å². The Morgan fingerprint density at radius 1 is 0.929 bits per heavy atom. The molecule has 0 unspecified atom stereocenters. The van der Waals surface area contributed by atoms with E-state index in [2.05, 4.69) is 64.4 Å². The third-order valence-corrected chi connectivity index (χ3v) is 11.9. The lowest BCUT2D eigenvalue weighted by Crippen LogP contribution is -2.51. The Kier molecular flexibility index (Phi) is 6.51. The number of nitrogens with zero attached hydrogens (tertiary/aromatic N) is 4. The second-order valence-electron chi connectivity index (χ2n) is 13.7. The molecule has 5 aliphatic carbocycles. The number of thiazole rings is 1. The molecule has 0 spiro atoms. The fourth-order valence-corrected chi connectivity index (χ4v) is 8.92. The summed E-state index contributed by atoms with van der Waals surface area (Å²) in [6, 6.07) is 15.3. The maximum Gasteiger partial charge on any atom is 0.232 e. The third-order valence-electron chi connectivity index (χ3n) is 10.9. The van der Waals surface area contributed by atoms with E-state index in [-0.39, 0.29) is 16.7 Å². The summed E-state index contributed by atoms with van der Waals surface area (Å²) in [4.78, 5) is 26.1. The molecule has 1 amide bonds. The van der Waals surface area contributed by atoms with Crippen molar-refractivity contribution < 1.29 is 9.32 Å². The molecule has 5 saturated carbocycles. The molecule has 0 atom stereocenters. The standard InChI is InChI=1S/C35H40N4O2S/c1-23-36-29-13-12-27(21-30(29)42-23)26-8-5-9-28(20-26)39(32(40)25-6-3-2-4-7-25)22-34-14-17-35(18-15-34,19-16-34)33-37-31(38-41-33)24-10-11-24/h5,8-9,12-13,20-21,24-25H,2-4,6-7,10-11,14-19,22H2,1H3. The SMILES string of the molecule is Cc1nc2ccc(-c3cccc(N(CC45CCC(c6nc(C7CC7)no6)(CC4)CC5)C(=O)C4CCCCC4)c3)cc2s1.